The summed E-state index contributed by atoms with van der Waals surface area (Å²) >= 11 is 0. The van der Waals surface area contributed by atoms with E-state index in [1.54, 1.807) is 7.11 Å². The van der Waals surface area contributed by atoms with E-state index in [9.17, 15) is 9.90 Å². The average molecular weight is 354 g/mol. The summed E-state index contributed by atoms with van der Waals surface area (Å²) in [4.78, 5) is 10.6. The fourth-order valence-corrected chi connectivity index (χ4v) is 3.20. The molecular formula is C22H26O4. The summed E-state index contributed by atoms with van der Waals surface area (Å²) in [5, 5.41) is 18.8. The van der Waals surface area contributed by atoms with Gasteiger partial charge >= 0.3 is 5.97 Å². The lowest BCUT2D eigenvalue weighted by atomic mass is 9.79. The van der Waals surface area contributed by atoms with E-state index in [0.717, 1.165) is 16.9 Å². The van der Waals surface area contributed by atoms with Crippen LogP contribution in [0.2, 0.25) is 0 Å². The third-order valence-electron chi connectivity index (χ3n) is 4.47. The fraction of sp³-hybridized carbons (Fsp3) is 0.318. The van der Waals surface area contributed by atoms with Crippen LogP contribution >= 0.6 is 0 Å². The second kappa shape index (κ2) is 10.4. The first-order valence-electron chi connectivity index (χ1n) is 8.82. The fourth-order valence-electron chi connectivity index (χ4n) is 3.20. The van der Waals surface area contributed by atoms with Gasteiger partial charge in [-0.15, -0.1) is 0 Å². The van der Waals surface area contributed by atoms with E-state index in [1.165, 1.54) is 0 Å². The zero-order valence-corrected chi connectivity index (χ0v) is 15.0. The molecule has 26 heavy (non-hydrogen) atoms. The molecule has 2 N–H and O–H groups in total. The second-order valence-electron chi connectivity index (χ2n) is 6.21. The smallest absolute Gasteiger partial charge is 0.303 e. The minimum atomic E-state index is -0.801. The van der Waals surface area contributed by atoms with Crippen LogP contribution in [-0.4, -0.2) is 29.9 Å². The molecule has 0 amide bonds. The highest BCUT2D eigenvalue weighted by Gasteiger charge is 2.26. The van der Waals surface area contributed by atoms with Crippen molar-refractivity contribution in [2.45, 2.75) is 25.2 Å². The van der Waals surface area contributed by atoms with Crippen LogP contribution in [0.4, 0.5) is 0 Å². The number of ether oxygens (including phenoxy) is 1. The summed E-state index contributed by atoms with van der Waals surface area (Å²) in [6.07, 6.45) is 5.12. The Morgan fingerprint density at radius 1 is 1.08 bits per heavy atom. The molecule has 0 aliphatic rings. The van der Waals surface area contributed by atoms with Crippen molar-refractivity contribution in [3.05, 3.63) is 77.9 Å². The Morgan fingerprint density at radius 2 is 1.77 bits per heavy atom. The molecule has 2 aromatic carbocycles. The van der Waals surface area contributed by atoms with Gasteiger partial charge in [-0.25, -0.2) is 0 Å². The monoisotopic (exact) mass is 354 g/mol. The van der Waals surface area contributed by atoms with Crippen molar-refractivity contribution in [3.63, 3.8) is 0 Å². The number of methoxy groups -OCH3 is 1. The van der Waals surface area contributed by atoms with E-state index in [2.05, 4.69) is 12.1 Å². The van der Waals surface area contributed by atoms with Gasteiger partial charge in [-0.2, -0.15) is 0 Å². The SMILES string of the molecule is COc1ccccc1C(c1ccccc1)[C@@H](CO)C/C=C\CCC(=O)O. The number of aliphatic hydroxyl groups excluding tert-OH is 1. The second-order valence-corrected chi connectivity index (χ2v) is 6.21. The molecule has 0 aliphatic heterocycles. The Bertz CT molecular complexity index is 709. The van der Waals surface area contributed by atoms with Crippen molar-refractivity contribution in [1.82, 2.24) is 0 Å². The summed E-state index contributed by atoms with van der Waals surface area (Å²) in [5.41, 5.74) is 2.16. The van der Waals surface area contributed by atoms with Gasteiger partial charge < -0.3 is 14.9 Å². The number of benzene rings is 2. The van der Waals surface area contributed by atoms with Gasteiger partial charge in [-0.1, -0.05) is 60.7 Å². The van der Waals surface area contributed by atoms with Crippen LogP contribution in [0.1, 0.15) is 36.3 Å². The lowest BCUT2D eigenvalue weighted by Crippen LogP contribution is -2.18. The molecule has 0 aromatic heterocycles. The molecule has 0 bridgehead atoms. The maximum absolute atomic E-state index is 10.6. The third-order valence-corrected chi connectivity index (χ3v) is 4.47. The number of hydrogen-bond acceptors (Lipinski definition) is 3. The number of hydrogen-bond donors (Lipinski definition) is 2. The average Bonchev–Trinajstić information content (AvgIpc) is 2.67. The normalized spacial score (nSPS) is 13.5. The first kappa shape index (κ1) is 19.7. The van der Waals surface area contributed by atoms with Crippen molar-refractivity contribution < 1.29 is 19.7 Å². The van der Waals surface area contributed by atoms with E-state index in [4.69, 9.17) is 9.84 Å². The van der Waals surface area contributed by atoms with Crippen molar-refractivity contribution in [2.24, 2.45) is 5.92 Å². The van der Waals surface area contributed by atoms with Gasteiger partial charge in [0.1, 0.15) is 5.75 Å². The molecule has 0 saturated heterocycles. The summed E-state index contributed by atoms with van der Waals surface area (Å²) in [6, 6.07) is 18.0. The number of para-hydroxylation sites is 1. The van der Waals surface area contributed by atoms with Crippen LogP contribution < -0.4 is 4.74 Å². The van der Waals surface area contributed by atoms with Gasteiger partial charge in [0.15, 0.2) is 0 Å². The van der Waals surface area contributed by atoms with Crippen LogP contribution in [-0.2, 0) is 4.79 Å². The molecule has 0 aliphatic carbocycles. The van der Waals surface area contributed by atoms with Gasteiger partial charge in [0.05, 0.1) is 7.11 Å². The molecule has 2 atom stereocenters. The molecule has 0 heterocycles. The Morgan fingerprint density at radius 3 is 2.42 bits per heavy atom. The topological polar surface area (TPSA) is 66.8 Å². The molecule has 0 fully saturated rings. The number of carboxylic acid groups (broad SMARTS) is 1. The van der Waals surface area contributed by atoms with Crippen LogP contribution in [0.25, 0.3) is 0 Å². The van der Waals surface area contributed by atoms with Crippen LogP contribution in [0.3, 0.4) is 0 Å². The highest BCUT2D eigenvalue weighted by Crippen LogP contribution is 2.38. The molecule has 4 heteroatoms. The van der Waals surface area contributed by atoms with Gasteiger partial charge in [0.25, 0.3) is 0 Å². The van der Waals surface area contributed by atoms with Crippen molar-refractivity contribution in [1.29, 1.82) is 0 Å². The Labute approximate surface area is 154 Å². The largest absolute Gasteiger partial charge is 0.496 e. The molecule has 4 nitrogen and oxygen atoms in total. The molecule has 2 aromatic rings. The van der Waals surface area contributed by atoms with Crippen molar-refractivity contribution in [2.75, 3.05) is 13.7 Å². The van der Waals surface area contributed by atoms with Gasteiger partial charge in [-0.05, 0) is 30.4 Å². The first-order valence-corrected chi connectivity index (χ1v) is 8.82. The number of aliphatic carboxylic acids is 1. The van der Waals surface area contributed by atoms with E-state index in [0.29, 0.717) is 12.8 Å². The van der Waals surface area contributed by atoms with Crippen molar-refractivity contribution >= 4 is 5.97 Å². The maximum atomic E-state index is 10.6. The van der Waals surface area contributed by atoms with E-state index in [-0.39, 0.29) is 24.9 Å². The molecular weight excluding hydrogens is 328 g/mol. The number of aliphatic hydroxyl groups is 1. The number of carboxylic acids is 1. The minimum Gasteiger partial charge on any atom is -0.496 e. The predicted molar refractivity (Wildman–Crippen MR) is 102 cm³/mol. The summed E-state index contributed by atoms with van der Waals surface area (Å²) in [5.74, 6) is -0.0459. The van der Waals surface area contributed by atoms with Crippen LogP contribution in [0.15, 0.2) is 66.7 Å². The van der Waals surface area contributed by atoms with E-state index in [1.807, 2.05) is 54.6 Å². The standard InChI is InChI=1S/C22H26O4/c1-26-20-14-9-8-13-19(20)22(17-10-4-2-5-11-17)18(16-23)12-6-3-7-15-21(24)25/h2-6,8-11,13-14,18,22-23H,7,12,15-16H2,1H3,(H,24,25)/b6-3-/t18-,22?/m1/s1. The Hall–Kier alpha value is -2.59. The van der Waals surface area contributed by atoms with Gasteiger partial charge in [0, 0.05) is 24.5 Å². The summed E-state index contributed by atoms with van der Waals surface area (Å²) in [6.45, 7) is 0.0287. The zero-order chi connectivity index (χ0) is 18.8. The lowest BCUT2D eigenvalue weighted by molar-refractivity contribution is -0.136. The van der Waals surface area contributed by atoms with Crippen LogP contribution in [0.5, 0.6) is 5.75 Å². The first-order chi connectivity index (χ1) is 12.7. The summed E-state index contributed by atoms with van der Waals surface area (Å²) < 4.78 is 5.55. The van der Waals surface area contributed by atoms with E-state index < -0.39 is 5.97 Å². The highest BCUT2D eigenvalue weighted by atomic mass is 16.5. The number of allylic oxidation sites excluding steroid dienone is 2. The van der Waals surface area contributed by atoms with E-state index >= 15 is 0 Å². The number of carbonyl (C=O) groups is 1. The quantitative estimate of drug-likeness (QED) is 0.626. The number of rotatable bonds is 10. The van der Waals surface area contributed by atoms with Gasteiger partial charge in [0.2, 0.25) is 0 Å². The highest BCUT2D eigenvalue weighted by molar-refractivity contribution is 5.66. The molecule has 0 saturated carbocycles. The third kappa shape index (κ3) is 5.46. The molecule has 2 rings (SSSR count). The van der Waals surface area contributed by atoms with Crippen LogP contribution in [0, 0.1) is 5.92 Å². The molecule has 1 unspecified atom stereocenters. The lowest BCUT2D eigenvalue weighted by Gasteiger charge is -2.27. The Kier molecular flexibility index (Phi) is 7.90. The van der Waals surface area contributed by atoms with Gasteiger partial charge in [-0.3, -0.25) is 4.79 Å². The molecule has 0 spiro atoms. The summed E-state index contributed by atoms with van der Waals surface area (Å²) in [7, 11) is 1.65. The minimum absolute atomic E-state index is 0.0125. The molecule has 0 radical (unpaired) electrons. The molecule has 138 valence electrons. The predicted octanol–water partition coefficient (Wildman–Crippen LogP) is 4.25. The zero-order valence-electron chi connectivity index (χ0n) is 15.0. The maximum Gasteiger partial charge on any atom is 0.303 e. The Balaban J connectivity index is 2.28. The van der Waals surface area contributed by atoms with Crippen molar-refractivity contribution in [3.8, 4) is 5.75 Å².